The summed E-state index contributed by atoms with van der Waals surface area (Å²) in [7, 11) is 0. The average molecular weight is 365 g/mol. The van der Waals surface area contributed by atoms with Gasteiger partial charge in [0.2, 0.25) is 0 Å². The molecule has 1 heterocycles. The monoisotopic (exact) mass is 365 g/mol. The number of amides is 1. The second-order valence-electron chi connectivity index (χ2n) is 3.89. The molecule has 2 rings (SSSR count). The number of carbonyl (C=O) groups is 1. The number of hydrogen-bond acceptors (Lipinski definition) is 3. The van der Waals surface area contributed by atoms with E-state index >= 15 is 0 Å². The molecule has 1 amide bonds. The van der Waals surface area contributed by atoms with Crippen molar-refractivity contribution in [3.8, 4) is 0 Å². The minimum atomic E-state index is -0.266. The van der Waals surface area contributed by atoms with Crippen molar-refractivity contribution in [2.24, 2.45) is 5.10 Å². The van der Waals surface area contributed by atoms with Gasteiger partial charge in [0.05, 0.1) is 11.3 Å². The van der Waals surface area contributed by atoms with Crippen LogP contribution in [0.25, 0.3) is 0 Å². The minimum absolute atomic E-state index is 0.266. The average Bonchev–Trinajstić information content (AvgIpc) is 2.46. The fourth-order valence-electron chi connectivity index (χ4n) is 1.45. The highest BCUT2D eigenvalue weighted by molar-refractivity contribution is 14.1. The lowest BCUT2D eigenvalue weighted by molar-refractivity contribution is 0.0954. The number of pyridine rings is 1. The van der Waals surface area contributed by atoms with Gasteiger partial charge in [-0.25, -0.2) is 5.43 Å². The molecule has 2 aromatic rings. The molecule has 0 saturated carbocycles. The van der Waals surface area contributed by atoms with E-state index in [2.05, 4.69) is 38.1 Å². The number of nitrogens with zero attached hydrogens (tertiary/aromatic N) is 2. The number of hydrazone groups is 1. The van der Waals surface area contributed by atoms with Crippen molar-refractivity contribution >= 4 is 34.2 Å². The van der Waals surface area contributed by atoms with Crippen molar-refractivity contribution in [3.63, 3.8) is 0 Å². The third-order valence-corrected chi connectivity index (χ3v) is 3.23. The van der Waals surface area contributed by atoms with E-state index in [4.69, 9.17) is 0 Å². The Bertz CT molecular complexity index is 594. The van der Waals surface area contributed by atoms with Crippen LogP contribution in [0.4, 0.5) is 0 Å². The smallest absolute Gasteiger partial charge is 0.267 e. The largest absolute Gasteiger partial charge is 0.272 e. The van der Waals surface area contributed by atoms with Crippen molar-refractivity contribution in [2.75, 3.05) is 0 Å². The Labute approximate surface area is 125 Å². The van der Waals surface area contributed by atoms with Crippen LogP contribution in [-0.2, 0) is 0 Å². The SMILES string of the molecule is C/C(=N/NC(=O)c1cccnc1)c1ccc(I)cc1. The van der Waals surface area contributed by atoms with Gasteiger partial charge >= 0.3 is 0 Å². The van der Waals surface area contributed by atoms with E-state index in [0.717, 1.165) is 14.8 Å². The predicted molar refractivity (Wildman–Crippen MR) is 83.1 cm³/mol. The zero-order chi connectivity index (χ0) is 13.7. The van der Waals surface area contributed by atoms with Crippen LogP contribution < -0.4 is 5.43 Å². The van der Waals surface area contributed by atoms with E-state index in [1.54, 1.807) is 18.3 Å². The molecule has 0 spiro atoms. The lowest BCUT2D eigenvalue weighted by Crippen LogP contribution is -2.19. The highest BCUT2D eigenvalue weighted by atomic mass is 127. The number of benzene rings is 1. The Morgan fingerprint density at radius 1 is 1.21 bits per heavy atom. The molecule has 0 aliphatic rings. The van der Waals surface area contributed by atoms with Crippen molar-refractivity contribution in [3.05, 3.63) is 63.5 Å². The Morgan fingerprint density at radius 3 is 2.58 bits per heavy atom. The van der Waals surface area contributed by atoms with Gasteiger partial charge in [-0.05, 0) is 59.3 Å². The van der Waals surface area contributed by atoms with Gasteiger partial charge < -0.3 is 0 Å². The number of carbonyl (C=O) groups excluding carboxylic acids is 1. The summed E-state index contributed by atoms with van der Waals surface area (Å²) in [4.78, 5) is 15.7. The molecule has 0 radical (unpaired) electrons. The van der Waals surface area contributed by atoms with Crippen LogP contribution in [0.2, 0.25) is 0 Å². The van der Waals surface area contributed by atoms with E-state index in [-0.39, 0.29) is 5.91 Å². The first-order chi connectivity index (χ1) is 9.16. The van der Waals surface area contributed by atoms with Gasteiger partial charge in [-0.15, -0.1) is 0 Å². The van der Waals surface area contributed by atoms with Crippen molar-refractivity contribution in [1.29, 1.82) is 0 Å². The van der Waals surface area contributed by atoms with Crippen LogP contribution >= 0.6 is 22.6 Å². The molecule has 0 unspecified atom stereocenters. The molecule has 0 fully saturated rings. The molecule has 1 N–H and O–H groups in total. The maximum absolute atomic E-state index is 11.8. The fraction of sp³-hybridized carbons (Fsp3) is 0.0714. The fourth-order valence-corrected chi connectivity index (χ4v) is 1.81. The van der Waals surface area contributed by atoms with Crippen molar-refractivity contribution in [1.82, 2.24) is 10.4 Å². The summed E-state index contributed by atoms with van der Waals surface area (Å²) in [6.07, 6.45) is 3.13. The van der Waals surface area contributed by atoms with Gasteiger partial charge in [0.25, 0.3) is 5.91 Å². The van der Waals surface area contributed by atoms with Crippen molar-refractivity contribution < 1.29 is 4.79 Å². The summed E-state index contributed by atoms with van der Waals surface area (Å²) in [6, 6.07) is 11.3. The maximum atomic E-state index is 11.8. The van der Waals surface area contributed by atoms with E-state index < -0.39 is 0 Å². The Kier molecular flexibility index (Phi) is 4.62. The third-order valence-electron chi connectivity index (χ3n) is 2.51. The molecule has 0 saturated heterocycles. The molecule has 5 heteroatoms. The van der Waals surface area contributed by atoms with Gasteiger partial charge in [-0.2, -0.15) is 5.10 Å². The molecule has 1 aromatic carbocycles. The first kappa shape index (κ1) is 13.7. The summed E-state index contributed by atoms with van der Waals surface area (Å²) in [5, 5.41) is 4.09. The summed E-state index contributed by atoms with van der Waals surface area (Å²) < 4.78 is 1.16. The van der Waals surface area contributed by atoms with E-state index in [1.807, 2.05) is 31.2 Å². The molecule has 0 aliphatic carbocycles. The second-order valence-corrected chi connectivity index (χ2v) is 5.13. The normalized spacial score (nSPS) is 11.2. The number of nitrogens with one attached hydrogen (secondary N) is 1. The first-order valence-corrected chi connectivity index (χ1v) is 6.75. The molecule has 19 heavy (non-hydrogen) atoms. The molecule has 96 valence electrons. The van der Waals surface area contributed by atoms with Gasteiger partial charge in [0.1, 0.15) is 0 Å². The second kappa shape index (κ2) is 6.42. The highest BCUT2D eigenvalue weighted by Crippen LogP contribution is 2.07. The Morgan fingerprint density at radius 2 is 1.95 bits per heavy atom. The standard InChI is InChI=1S/C14H12IN3O/c1-10(11-4-6-13(15)7-5-11)17-18-14(19)12-3-2-8-16-9-12/h2-9H,1H3,(H,18,19)/b17-10-. The summed E-state index contributed by atoms with van der Waals surface area (Å²) in [5.74, 6) is -0.266. The Hall–Kier alpha value is -1.76. The number of aromatic nitrogens is 1. The summed E-state index contributed by atoms with van der Waals surface area (Å²) >= 11 is 2.24. The zero-order valence-corrected chi connectivity index (χ0v) is 12.5. The van der Waals surface area contributed by atoms with Crippen LogP contribution in [0.5, 0.6) is 0 Å². The van der Waals surface area contributed by atoms with Gasteiger partial charge in [-0.3, -0.25) is 9.78 Å². The lowest BCUT2D eigenvalue weighted by atomic mass is 10.1. The highest BCUT2D eigenvalue weighted by Gasteiger charge is 2.04. The predicted octanol–water partition coefficient (Wildman–Crippen LogP) is 2.84. The number of halogens is 1. The topological polar surface area (TPSA) is 54.4 Å². The van der Waals surface area contributed by atoms with Gasteiger partial charge in [0, 0.05) is 16.0 Å². The van der Waals surface area contributed by atoms with Gasteiger partial charge in [-0.1, -0.05) is 12.1 Å². The van der Waals surface area contributed by atoms with Crippen LogP contribution in [0.1, 0.15) is 22.8 Å². The maximum Gasteiger partial charge on any atom is 0.272 e. The molecular weight excluding hydrogens is 353 g/mol. The summed E-state index contributed by atoms with van der Waals surface area (Å²) in [5.41, 5.74) is 4.74. The third kappa shape index (κ3) is 3.85. The van der Waals surface area contributed by atoms with Gasteiger partial charge in [0.15, 0.2) is 0 Å². The van der Waals surface area contributed by atoms with Crippen LogP contribution in [0.15, 0.2) is 53.9 Å². The Balaban J connectivity index is 2.06. The molecule has 0 atom stereocenters. The van der Waals surface area contributed by atoms with Crippen LogP contribution in [0.3, 0.4) is 0 Å². The zero-order valence-electron chi connectivity index (χ0n) is 10.3. The van der Waals surface area contributed by atoms with E-state index in [0.29, 0.717) is 5.56 Å². The molecule has 0 aliphatic heterocycles. The molecule has 4 nitrogen and oxygen atoms in total. The molecule has 0 bridgehead atoms. The van der Waals surface area contributed by atoms with E-state index in [9.17, 15) is 4.79 Å². The summed E-state index contributed by atoms with van der Waals surface area (Å²) in [6.45, 7) is 1.85. The quantitative estimate of drug-likeness (QED) is 0.517. The van der Waals surface area contributed by atoms with Crippen LogP contribution in [0, 0.1) is 3.57 Å². The van der Waals surface area contributed by atoms with Crippen molar-refractivity contribution in [2.45, 2.75) is 6.92 Å². The minimum Gasteiger partial charge on any atom is -0.267 e. The number of rotatable bonds is 3. The first-order valence-electron chi connectivity index (χ1n) is 5.67. The lowest BCUT2D eigenvalue weighted by Gasteiger charge is -2.03. The van der Waals surface area contributed by atoms with Crippen LogP contribution in [-0.4, -0.2) is 16.6 Å². The molecular formula is C14H12IN3O. The number of hydrogen-bond donors (Lipinski definition) is 1. The van der Waals surface area contributed by atoms with E-state index in [1.165, 1.54) is 6.20 Å². The molecule has 1 aromatic heterocycles.